The topological polar surface area (TPSA) is 58.6 Å². The first kappa shape index (κ1) is 17.5. The zero-order valence-electron chi connectivity index (χ0n) is 13.6. The molecule has 0 aromatic heterocycles. The number of aryl methyl sites for hydroxylation is 1. The standard InChI is InChI=1S/C17H27NO3/c1-6-14(7-2)18-17(20)13(5)21-16-10-11(3)8-9-15(16)12(4)19/h8-10,12-14,19H,6-7H2,1-5H3,(H,18,20). The molecule has 21 heavy (non-hydrogen) atoms. The van der Waals surface area contributed by atoms with Crippen LogP contribution < -0.4 is 10.1 Å². The fourth-order valence-corrected chi connectivity index (χ4v) is 2.14. The van der Waals surface area contributed by atoms with Crippen LogP contribution in [-0.4, -0.2) is 23.2 Å². The van der Waals surface area contributed by atoms with E-state index in [1.165, 1.54) is 0 Å². The van der Waals surface area contributed by atoms with Crippen molar-refractivity contribution in [3.8, 4) is 5.75 Å². The maximum Gasteiger partial charge on any atom is 0.260 e. The molecule has 0 aliphatic rings. The van der Waals surface area contributed by atoms with Crippen LogP contribution in [0.25, 0.3) is 0 Å². The van der Waals surface area contributed by atoms with Crippen molar-refractivity contribution in [1.29, 1.82) is 0 Å². The Balaban J connectivity index is 2.80. The van der Waals surface area contributed by atoms with Gasteiger partial charge in [0.05, 0.1) is 6.10 Å². The zero-order valence-corrected chi connectivity index (χ0v) is 13.6. The summed E-state index contributed by atoms with van der Waals surface area (Å²) in [6.07, 6.45) is 0.580. The van der Waals surface area contributed by atoms with E-state index in [-0.39, 0.29) is 11.9 Å². The molecule has 4 nitrogen and oxygen atoms in total. The van der Waals surface area contributed by atoms with E-state index in [0.29, 0.717) is 11.3 Å². The summed E-state index contributed by atoms with van der Waals surface area (Å²) >= 11 is 0. The van der Waals surface area contributed by atoms with Crippen molar-refractivity contribution >= 4 is 5.91 Å². The van der Waals surface area contributed by atoms with Crippen molar-refractivity contribution in [2.75, 3.05) is 0 Å². The molecule has 0 heterocycles. The molecule has 0 fully saturated rings. The van der Waals surface area contributed by atoms with E-state index in [1.54, 1.807) is 13.8 Å². The van der Waals surface area contributed by atoms with Gasteiger partial charge in [-0.3, -0.25) is 4.79 Å². The van der Waals surface area contributed by atoms with Crippen molar-refractivity contribution in [3.05, 3.63) is 29.3 Å². The molecule has 0 aliphatic heterocycles. The molecule has 0 saturated carbocycles. The number of benzene rings is 1. The van der Waals surface area contributed by atoms with Gasteiger partial charge in [-0.15, -0.1) is 0 Å². The van der Waals surface area contributed by atoms with Crippen LogP contribution in [0.1, 0.15) is 57.8 Å². The van der Waals surface area contributed by atoms with Gasteiger partial charge >= 0.3 is 0 Å². The highest BCUT2D eigenvalue weighted by Crippen LogP contribution is 2.27. The highest BCUT2D eigenvalue weighted by atomic mass is 16.5. The summed E-state index contributed by atoms with van der Waals surface area (Å²) in [4.78, 5) is 12.1. The van der Waals surface area contributed by atoms with Crippen LogP contribution >= 0.6 is 0 Å². The summed E-state index contributed by atoms with van der Waals surface area (Å²) in [6.45, 7) is 9.46. The predicted octanol–water partition coefficient (Wildman–Crippen LogP) is 3.12. The van der Waals surface area contributed by atoms with Gasteiger partial charge in [-0.25, -0.2) is 0 Å². The number of hydrogen-bond acceptors (Lipinski definition) is 3. The van der Waals surface area contributed by atoms with E-state index in [1.807, 2.05) is 39.0 Å². The van der Waals surface area contributed by atoms with Gasteiger partial charge in [0, 0.05) is 11.6 Å². The monoisotopic (exact) mass is 293 g/mol. The molecule has 1 aromatic carbocycles. The molecule has 118 valence electrons. The number of hydrogen-bond donors (Lipinski definition) is 2. The van der Waals surface area contributed by atoms with Gasteiger partial charge in [-0.1, -0.05) is 26.0 Å². The Kier molecular flexibility index (Phi) is 6.69. The van der Waals surface area contributed by atoms with Crippen LogP contribution in [-0.2, 0) is 4.79 Å². The quantitative estimate of drug-likeness (QED) is 0.812. The summed E-state index contributed by atoms with van der Waals surface area (Å²) in [6, 6.07) is 5.78. The molecule has 2 atom stereocenters. The van der Waals surface area contributed by atoms with Crippen LogP contribution in [0.15, 0.2) is 18.2 Å². The third-order valence-corrected chi connectivity index (χ3v) is 3.62. The number of nitrogens with one attached hydrogen (secondary N) is 1. The number of amides is 1. The van der Waals surface area contributed by atoms with Crippen LogP contribution in [0.4, 0.5) is 0 Å². The second kappa shape index (κ2) is 8.03. The lowest BCUT2D eigenvalue weighted by Gasteiger charge is -2.21. The third-order valence-electron chi connectivity index (χ3n) is 3.62. The van der Waals surface area contributed by atoms with E-state index in [9.17, 15) is 9.90 Å². The van der Waals surface area contributed by atoms with Crippen molar-refractivity contribution < 1.29 is 14.6 Å². The van der Waals surface area contributed by atoms with Gasteiger partial charge in [0.1, 0.15) is 5.75 Å². The van der Waals surface area contributed by atoms with Crippen molar-refractivity contribution in [2.24, 2.45) is 0 Å². The Morgan fingerprint density at radius 2 is 1.90 bits per heavy atom. The highest BCUT2D eigenvalue weighted by Gasteiger charge is 2.19. The second-order valence-electron chi connectivity index (χ2n) is 5.50. The van der Waals surface area contributed by atoms with E-state index in [2.05, 4.69) is 5.32 Å². The minimum absolute atomic E-state index is 0.123. The van der Waals surface area contributed by atoms with Gasteiger partial charge in [-0.2, -0.15) is 0 Å². The third kappa shape index (κ3) is 5.05. The number of rotatable bonds is 7. The van der Waals surface area contributed by atoms with E-state index < -0.39 is 12.2 Å². The number of ether oxygens (including phenoxy) is 1. The molecule has 2 N–H and O–H groups in total. The normalized spacial score (nSPS) is 13.9. The summed E-state index contributed by atoms with van der Waals surface area (Å²) in [5.74, 6) is 0.443. The minimum Gasteiger partial charge on any atom is -0.481 e. The number of carbonyl (C=O) groups is 1. The lowest BCUT2D eigenvalue weighted by Crippen LogP contribution is -2.42. The molecule has 0 aliphatic carbocycles. The molecule has 2 unspecified atom stereocenters. The Morgan fingerprint density at radius 3 is 2.43 bits per heavy atom. The molecular weight excluding hydrogens is 266 g/mol. The number of aliphatic hydroxyl groups excluding tert-OH is 1. The average molecular weight is 293 g/mol. The highest BCUT2D eigenvalue weighted by molar-refractivity contribution is 5.81. The fraction of sp³-hybridized carbons (Fsp3) is 0.588. The number of carbonyl (C=O) groups excluding carboxylic acids is 1. The van der Waals surface area contributed by atoms with Crippen LogP contribution in [0.5, 0.6) is 5.75 Å². The lowest BCUT2D eigenvalue weighted by atomic mass is 10.1. The summed E-state index contributed by atoms with van der Waals surface area (Å²) in [5, 5.41) is 12.8. The van der Waals surface area contributed by atoms with Gasteiger partial charge in [-0.05, 0) is 45.2 Å². The Bertz CT molecular complexity index is 467. The first-order valence-electron chi connectivity index (χ1n) is 7.64. The Labute approximate surface area is 127 Å². The van der Waals surface area contributed by atoms with Gasteiger partial charge < -0.3 is 15.2 Å². The van der Waals surface area contributed by atoms with Gasteiger partial charge in [0.15, 0.2) is 6.10 Å². The molecule has 1 amide bonds. The molecular formula is C17H27NO3. The first-order valence-corrected chi connectivity index (χ1v) is 7.64. The summed E-state index contributed by atoms with van der Waals surface area (Å²) in [5.41, 5.74) is 1.73. The van der Waals surface area contributed by atoms with Crippen LogP contribution in [0, 0.1) is 6.92 Å². The van der Waals surface area contributed by atoms with Crippen LogP contribution in [0.3, 0.4) is 0 Å². The van der Waals surface area contributed by atoms with E-state index in [4.69, 9.17) is 4.74 Å². The van der Waals surface area contributed by atoms with Gasteiger partial charge in [0.25, 0.3) is 5.91 Å². The SMILES string of the molecule is CCC(CC)NC(=O)C(C)Oc1cc(C)ccc1C(C)O. The largest absolute Gasteiger partial charge is 0.481 e. The Hall–Kier alpha value is -1.55. The lowest BCUT2D eigenvalue weighted by molar-refractivity contribution is -0.128. The molecule has 0 saturated heterocycles. The number of aliphatic hydroxyl groups is 1. The summed E-state index contributed by atoms with van der Waals surface area (Å²) in [7, 11) is 0. The average Bonchev–Trinajstić information content (AvgIpc) is 2.44. The molecule has 1 aromatic rings. The molecule has 4 heteroatoms. The molecule has 0 radical (unpaired) electrons. The van der Waals surface area contributed by atoms with Crippen molar-refractivity contribution in [2.45, 2.75) is 65.7 Å². The second-order valence-corrected chi connectivity index (χ2v) is 5.50. The molecule has 0 bridgehead atoms. The summed E-state index contributed by atoms with van der Waals surface area (Å²) < 4.78 is 5.77. The molecule has 0 spiro atoms. The van der Waals surface area contributed by atoms with E-state index >= 15 is 0 Å². The smallest absolute Gasteiger partial charge is 0.260 e. The van der Waals surface area contributed by atoms with Gasteiger partial charge in [0.2, 0.25) is 0 Å². The maximum absolute atomic E-state index is 12.1. The first-order chi connectivity index (χ1) is 9.88. The fourth-order valence-electron chi connectivity index (χ4n) is 2.14. The Morgan fingerprint density at radius 1 is 1.29 bits per heavy atom. The maximum atomic E-state index is 12.1. The molecule has 1 rings (SSSR count). The van der Waals surface area contributed by atoms with Crippen LogP contribution in [0.2, 0.25) is 0 Å². The van der Waals surface area contributed by atoms with E-state index in [0.717, 1.165) is 18.4 Å². The van der Waals surface area contributed by atoms with Crippen molar-refractivity contribution in [3.63, 3.8) is 0 Å². The minimum atomic E-state index is -0.630. The zero-order chi connectivity index (χ0) is 16.0. The predicted molar refractivity (Wildman–Crippen MR) is 84.4 cm³/mol. The van der Waals surface area contributed by atoms with Crippen molar-refractivity contribution in [1.82, 2.24) is 5.32 Å².